The zero-order chi connectivity index (χ0) is 19.6. The van der Waals surface area contributed by atoms with E-state index in [0.29, 0.717) is 17.4 Å². The number of ketones is 1. The van der Waals surface area contributed by atoms with Gasteiger partial charge in [-0.05, 0) is 36.4 Å². The van der Waals surface area contributed by atoms with E-state index in [9.17, 15) is 22.8 Å². The minimum absolute atomic E-state index is 0.104. The van der Waals surface area contributed by atoms with Gasteiger partial charge in [0.1, 0.15) is 17.1 Å². The van der Waals surface area contributed by atoms with Gasteiger partial charge in [-0.1, -0.05) is 0 Å². The first kappa shape index (κ1) is 18.5. The van der Waals surface area contributed by atoms with Crippen LogP contribution < -0.4 is 15.1 Å². The van der Waals surface area contributed by atoms with Gasteiger partial charge in [0.25, 0.3) is 0 Å². The zero-order valence-corrected chi connectivity index (χ0v) is 14.0. The Morgan fingerprint density at radius 1 is 1.04 bits per heavy atom. The van der Waals surface area contributed by atoms with Gasteiger partial charge in [-0.3, -0.25) is 4.79 Å². The summed E-state index contributed by atoms with van der Waals surface area (Å²) in [5, 5.41) is -0.268. The molecule has 0 N–H and O–H groups in total. The Kier molecular flexibility index (Phi) is 4.89. The maximum atomic E-state index is 13.0. The third kappa shape index (κ3) is 4.11. The van der Waals surface area contributed by atoms with Gasteiger partial charge in [0.05, 0.1) is 12.7 Å². The van der Waals surface area contributed by atoms with Crippen molar-refractivity contribution < 1.29 is 31.9 Å². The van der Waals surface area contributed by atoms with E-state index in [1.165, 1.54) is 13.2 Å². The van der Waals surface area contributed by atoms with Crippen molar-refractivity contribution in [1.29, 1.82) is 0 Å². The fourth-order valence-electron chi connectivity index (χ4n) is 2.48. The Morgan fingerprint density at radius 2 is 1.70 bits per heavy atom. The third-order valence-corrected chi connectivity index (χ3v) is 3.80. The molecule has 3 rings (SSSR count). The molecule has 3 aromatic rings. The fourth-order valence-corrected chi connectivity index (χ4v) is 2.48. The maximum Gasteiger partial charge on any atom is 0.417 e. The van der Waals surface area contributed by atoms with Crippen molar-refractivity contribution >= 4 is 16.8 Å². The summed E-state index contributed by atoms with van der Waals surface area (Å²) >= 11 is 0. The molecule has 5 nitrogen and oxygen atoms in total. The average Bonchev–Trinajstić information content (AvgIpc) is 2.64. The number of rotatable bonds is 5. The van der Waals surface area contributed by atoms with Crippen molar-refractivity contribution in [2.75, 3.05) is 13.7 Å². The van der Waals surface area contributed by atoms with E-state index < -0.39 is 17.4 Å². The molecule has 1 heterocycles. The summed E-state index contributed by atoms with van der Waals surface area (Å²) in [4.78, 5) is 23.5. The van der Waals surface area contributed by atoms with Crippen molar-refractivity contribution in [2.45, 2.75) is 6.18 Å². The second kappa shape index (κ2) is 7.14. The molecule has 0 saturated heterocycles. The Morgan fingerprint density at radius 3 is 2.33 bits per heavy atom. The Balaban J connectivity index is 1.81. The van der Waals surface area contributed by atoms with E-state index in [2.05, 4.69) is 0 Å². The van der Waals surface area contributed by atoms with Gasteiger partial charge in [-0.2, -0.15) is 13.2 Å². The smallest absolute Gasteiger partial charge is 0.417 e. The number of carbonyl (C=O) groups is 1. The molecule has 0 radical (unpaired) electrons. The van der Waals surface area contributed by atoms with Gasteiger partial charge in [-0.25, -0.2) is 4.79 Å². The van der Waals surface area contributed by atoms with Gasteiger partial charge in [0.15, 0.2) is 12.4 Å². The second-order valence-corrected chi connectivity index (χ2v) is 5.58. The Hall–Kier alpha value is -3.29. The van der Waals surface area contributed by atoms with Crippen molar-refractivity contribution in [1.82, 2.24) is 0 Å². The van der Waals surface area contributed by atoms with E-state index in [1.807, 2.05) is 0 Å². The number of hydrogen-bond donors (Lipinski definition) is 0. The van der Waals surface area contributed by atoms with E-state index in [0.717, 1.165) is 12.1 Å². The Labute approximate surface area is 150 Å². The summed E-state index contributed by atoms with van der Waals surface area (Å²) in [5.41, 5.74) is -2.09. The van der Waals surface area contributed by atoms with Crippen LogP contribution in [0.25, 0.3) is 11.0 Å². The number of fused-ring (bicyclic) bond motifs is 1. The standard InChI is InChI=1S/C19H13F3O5/c1-25-12-4-2-11(3-5-12)16(23)10-26-13-6-7-14-15(19(20,21)22)9-18(24)27-17(14)8-13/h2-9H,10H2,1H3. The summed E-state index contributed by atoms with van der Waals surface area (Å²) in [6.07, 6.45) is -4.69. The first-order valence-electron chi connectivity index (χ1n) is 7.73. The molecule has 0 atom stereocenters. The quantitative estimate of drug-likeness (QED) is 0.494. The van der Waals surface area contributed by atoms with Crippen LogP contribution in [0.5, 0.6) is 11.5 Å². The number of ether oxygens (including phenoxy) is 2. The number of benzene rings is 2. The minimum Gasteiger partial charge on any atom is -0.497 e. The molecule has 2 aromatic carbocycles. The lowest BCUT2D eigenvalue weighted by atomic mass is 10.1. The van der Waals surface area contributed by atoms with Crippen LogP contribution in [-0.2, 0) is 6.18 Å². The molecule has 0 spiro atoms. The number of carbonyl (C=O) groups excluding carboxylic acids is 1. The summed E-state index contributed by atoms with van der Waals surface area (Å²) in [6, 6.07) is 10.3. The van der Waals surface area contributed by atoms with Gasteiger partial charge < -0.3 is 13.9 Å². The van der Waals surface area contributed by atoms with Crippen molar-refractivity contribution in [3.8, 4) is 11.5 Å². The molecular formula is C19H13F3O5. The monoisotopic (exact) mass is 378 g/mol. The third-order valence-electron chi connectivity index (χ3n) is 3.80. The molecule has 0 fully saturated rings. The SMILES string of the molecule is COc1ccc(C(=O)COc2ccc3c(C(F)(F)F)cc(=O)oc3c2)cc1. The molecule has 8 heteroatoms. The van der Waals surface area contributed by atoms with Gasteiger partial charge >= 0.3 is 11.8 Å². The van der Waals surface area contributed by atoms with Crippen molar-refractivity contribution in [3.05, 3.63) is 70.1 Å². The molecule has 0 unspecified atom stereocenters. The van der Waals surface area contributed by atoms with Crippen LogP contribution in [0.4, 0.5) is 13.2 Å². The van der Waals surface area contributed by atoms with Gasteiger partial charge in [0, 0.05) is 23.1 Å². The molecular weight excluding hydrogens is 365 g/mol. The lowest BCUT2D eigenvalue weighted by Gasteiger charge is -2.10. The van der Waals surface area contributed by atoms with E-state index >= 15 is 0 Å². The van der Waals surface area contributed by atoms with E-state index in [1.54, 1.807) is 24.3 Å². The minimum atomic E-state index is -4.69. The molecule has 27 heavy (non-hydrogen) atoms. The number of hydrogen-bond acceptors (Lipinski definition) is 5. The second-order valence-electron chi connectivity index (χ2n) is 5.58. The maximum absolute atomic E-state index is 13.0. The molecule has 0 bridgehead atoms. The van der Waals surface area contributed by atoms with Crippen molar-refractivity contribution in [3.63, 3.8) is 0 Å². The molecule has 0 aliphatic carbocycles. The van der Waals surface area contributed by atoms with Crippen LogP contribution in [0.1, 0.15) is 15.9 Å². The van der Waals surface area contributed by atoms with E-state index in [-0.39, 0.29) is 29.1 Å². The molecule has 0 aliphatic rings. The summed E-state index contributed by atoms with van der Waals surface area (Å²) in [7, 11) is 1.50. The average molecular weight is 378 g/mol. The molecule has 0 saturated carbocycles. The summed E-state index contributed by atoms with van der Waals surface area (Å²) in [6.45, 7) is -0.332. The predicted molar refractivity (Wildman–Crippen MR) is 90.3 cm³/mol. The highest BCUT2D eigenvalue weighted by Crippen LogP contribution is 2.34. The van der Waals surface area contributed by atoms with Crippen LogP contribution >= 0.6 is 0 Å². The molecule has 0 aliphatic heterocycles. The highest BCUT2D eigenvalue weighted by atomic mass is 19.4. The van der Waals surface area contributed by atoms with Gasteiger partial charge in [0.2, 0.25) is 0 Å². The largest absolute Gasteiger partial charge is 0.497 e. The lowest BCUT2D eigenvalue weighted by Crippen LogP contribution is -2.12. The normalized spacial score (nSPS) is 11.4. The number of alkyl halides is 3. The highest BCUT2D eigenvalue weighted by molar-refractivity contribution is 5.97. The predicted octanol–water partition coefficient (Wildman–Crippen LogP) is 4.08. The molecule has 0 amide bonds. The van der Waals surface area contributed by atoms with Crippen LogP contribution in [0.3, 0.4) is 0 Å². The van der Waals surface area contributed by atoms with Crippen molar-refractivity contribution in [2.24, 2.45) is 0 Å². The molecule has 140 valence electrons. The number of halogens is 3. The zero-order valence-electron chi connectivity index (χ0n) is 14.0. The first-order chi connectivity index (χ1) is 12.8. The van der Waals surface area contributed by atoms with Crippen LogP contribution in [-0.4, -0.2) is 19.5 Å². The molecule has 1 aromatic heterocycles. The number of Topliss-reactive ketones (excluding diaryl/α,β-unsaturated/α-hetero) is 1. The fraction of sp³-hybridized carbons (Fsp3) is 0.158. The first-order valence-corrected chi connectivity index (χ1v) is 7.73. The van der Waals surface area contributed by atoms with E-state index in [4.69, 9.17) is 13.9 Å². The topological polar surface area (TPSA) is 65.7 Å². The Bertz CT molecular complexity index is 1040. The summed E-state index contributed by atoms with van der Waals surface area (Å²) in [5.74, 6) is 0.368. The lowest BCUT2D eigenvalue weighted by molar-refractivity contribution is -0.136. The van der Waals surface area contributed by atoms with Crippen LogP contribution in [0, 0.1) is 0 Å². The van der Waals surface area contributed by atoms with Crippen LogP contribution in [0.2, 0.25) is 0 Å². The van der Waals surface area contributed by atoms with Crippen LogP contribution in [0.15, 0.2) is 57.7 Å². The number of methoxy groups -OCH3 is 1. The summed E-state index contributed by atoms with van der Waals surface area (Å²) < 4.78 is 54.2. The van der Waals surface area contributed by atoms with Gasteiger partial charge in [-0.15, -0.1) is 0 Å². The highest BCUT2D eigenvalue weighted by Gasteiger charge is 2.33.